The molecule has 4 heteroatoms. The summed E-state index contributed by atoms with van der Waals surface area (Å²) in [5, 5.41) is 6.65. The Labute approximate surface area is 92.8 Å². The summed E-state index contributed by atoms with van der Waals surface area (Å²) in [5.74, 6) is 1.04. The molecule has 0 amide bonds. The zero-order chi connectivity index (χ0) is 9.80. The Morgan fingerprint density at radius 2 is 2.57 bits per heavy atom. The molecule has 0 fully saturated rings. The van der Waals surface area contributed by atoms with Crippen LogP contribution in [0.2, 0.25) is 0 Å². The summed E-state index contributed by atoms with van der Waals surface area (Å²) in [6.45, 7) is 4.21. The van der Waals surface area contributed by atoms with E-state index in [1.54, 1.807) is 0 Å². The monoisotopic (exact) mass is 226 g/mol. The van der Waals surface area contributed by atoms with E-state index in [9.17, 15) is 0 Å². The highest BCUT2D eigenvalue weighted by atomic mass is 32.2. The second-order valence-corrected chi connectivity index (χ2v) is 5.40. The molecule has 0 radical (unpaired) electrons. The largest absolute Gasteiger partial charge is 0.365 e. The molecule has 2 rings (SSSR count). The molecule has 76 valence electrons. The summed E-state index contributed by atoms with van der Waals surface area (Å²) < 4.78 is 0. The van der Waals surface area contributed by atoms with E-state index < -0.39 is 0 Å². The predicted octanol–water partition coefficient (Wildman–Crippen LogP) is 2.64. The average Bonchev–Trinajstić information content (AvgIpc) is 2.63. The van der Waals surface area contributed by atoms with Gasteiger partial charge in [0.25, 0.3) is 0 Å². The first-order valence-corrected chi connectivity index (χ1v) is 6.66. The van der Waals surface area contributed by atoms with Gasteiger partial charge in [0.05, 0.1) is 0 Å². The first-order valence-electron chi connectivity index (χ1n) is 4.80. The van der Waals surface area contributed by atoms with E-state index in [2.05, 4.69) is 28.7 Å². The van der Waals surface area contributed by atoms with E-state index in [0.717, 1.165) is 24.0 Å². The van der Waals surface area contributed by atoms with Crippen LogP contribution in [0.3, 0.4) is 0 Å². The molecule has 0 unspecified atom stereocenters. The molecule has 14 heavy (non-hydrogen) atoms. The maximum atomic E-state index is 4.42. The van der Waals surface area contributed by atoms with E-state index >= 15 is 0 Å². The smallest absolute Gasteiger partial charge is 0.156 e. The van der Waals surface area contributed by atoms with Gasteiger partial charge in [-0.2, -0.15) is 0 Å². The number of aliphatic imine (C=N–C) groups is 1. The van der Waals surface area contributed by atoms with Gasteiger partial charge in [0.2, 0.25) is 0 Å². The van der Waals surface area contributed by atoms with Gasteiger partial charge in [-0.25, -0.2) is 0 Å². The van der Waals surface area contributed by atoms with Crippen LogP contribution in [0, 0.1) is 6.92 Å². The molecule has 0 spiro atoms. The number of nitrogens with one attached hydrogen (secondary N) is 1. The standard InChI is InChI=1S/C10H14N2S2/c1-8-5-9(6-13-8)7-14-10-11-3-2-4-12-10/h5-6H,2-4,7H2,1H3,(H,11,12). The fourth-order valence-corrected chi connectivity index (χ4v) is 3.00. The predicted molar refractivity (Wildman–Crippen MR) is 65.3 cm³/mol. The zero-order valence-electron chi connectivity index (χ0n) is 8.25. The summed E-state index contributed by atoms with van der Waals surface area (Å²) in [7, 11) is 0. The molecular formula is C10H14N2S2. The highest BCUT2D eigenvalue weighted by Crippen LogP contribution is 2.19. The van der Waals surface area contributed by atoms with Crippen molar-refractivity contribution in [1.82, 2.24) is 5.32 Å². The number of hydrogen-bond acceptors (Lipinski definition) is 4. The van der Waals surface area contributed by atoms with Gasteiger partial charge in [0.15, 0.2) is 5.17 Å². The van der Waals surface area contributed by atoms with Crippen LogP contribution < -0.4 is 5.32 Å². The van der Waals surface area contributed by atoms with E-state index in [1.807, 2.05) is 23.1 Å². The van der Waals surface area contributed by atoms with Crippen LogP contribution in [0.1, 0.15) is 16.9 Å². The number of hydrogen-bond donors (Lipinski definition) is 1. The molecule has 1 aromatic heterocycles. The molecule has 0 atom stereocenters. The van der Waals surface area contributed by atoms with Gasteiger partial charge in [-0.3, -0.25) is 4.99 Å². The Bertz CT molecular complexity index is 331. The quantitative estimate of drug-likeness (QED) is 0.838. The van der Waals surface area contributed by atoms with Crippen molar-refractivity contribution in [3.8, 4) is 0 Å². The maximum absolute atomic E-state index is 4.42. The van der Waals surface area contributed by atoms with Crippen LogP contribution in [0.15, 0.2) is 16.4 Å². The third kappa shape index (κ3) is 2.75. The van der Waals surface area contributed by atoms with Crippen molar-refractivity contribution in [2.45, 2.75) is 19.1 Å². The Kier molecular flexibility index (Phi) is 3.48. The van der Waals surface area contributed by atoms with Crippen molar-refractivity contribution in [1.29, 1.82) is 0 Å². The molecular weight excluding hydrogens is 212 g/mol. The fourth-order valence-electron chi connectivity index (χ4n) is 1.33. The van der Waals surface area contributed by atoms with Crippen molar-refractivity contribution in [3.05, 3.63) is 21.9 Å². The van der Waals surface area contributed by atoms with Crippen molar-refractivity contribution in [2.24, 2.45) is 4.99 Å². The van der Waals surface area contributed by atoms with Gasteiger partial charge in [0.1, 0.15) is 0 Å². The maximum Gasteiger partial charge on any atom is 0.156 e. The number of thiophene rings is 1. The Morgan fingerprint density at radius 3 is 3.21 bits per heavy atom. The minimum atomic E-state index is 0.984. The second-order valence-electron chi connectivity index (χ2n) is 3.32. The van der Waals surface area contributed by atoms with Crippen LogP contribution in [-0.4, -0.2) is 18.3 Å². The second kappa shape index (κ2) is 4.84. The molecule has 0 saturated heterocycles. The molecule has 0 saturated carbocycles. The molecule has 0 aromatic carbocycles. The lowest BCUT2D eigenvalue weighted by molar-refractivity contribution is 0.751. The Hall–Kier alpha value is -0.480. The zero-order valence-corrected chi connectivity index (χ0v) is 9.88. The topological polar surface area (TPSA) is 24.4 Å². The lowest BCUT2D eigenvalue weighted by Gasteiger charge is -2.12. The SMILES string of the molecule is Cc1cc(CSC2=NCCCN2)cs1. The van der Waals surface area contributed by atoms with E-state index in [1.165, 1.54) is 16.9 Å². The molecule has 1 aliphatic heterocycles. The molecule has 2 heterocycles. The van der Waals surface area contributed by atoms with E-state index in [-0.39, 0.29) is 0 Å². The lowest BCUT2D eigenvalue weighted by Crippen LogP contribution is -2.26. The third-order valence-corrected chi connectivity index (χ3v) is 3.96. The normalized spacial score (nSPS) is 16.2. The first kappa shape index (κ1) is 10.1. The van der Waals surface area contributed by atoms with Crippen molar-refractivity contribution < 1.29 is 0 Å². The van der Waals surface area contributed by atoms with Crippen LogP contribution >= 0.6 is 23.1 Å². The van der Waals surface area contributed by atoms with Gasteiger partial charge < -0.3 is 5.32 Å². The minimum Gasteiger partial charge on any atom is -0.365 e. The Morgan fingerprint density at radius 1 is 1.64 bits per heavy atom. The molecule has 1 aliphatic rings. The molecule has 1 N–H and O–H groups in total. The van der Waals surface area contributed by atoms with Crippen LogP contribution in [-0.2, 0) is 5.75 Å². The number of amidine groups is 1. The fraction of sp³-hybridized carbons (Fsp3) is 0.500. The Balaban J connectivity index is 1.84. The summed E-state index contributed by atoms with van der Waals surface area (Å²) in [6.07, 6.45) is 1.17. The molecule has 1 aromatic rings. The number of aryl methyl sites for hydroxylation is 1. The summed E-state index contributed by atoms with van der Waals surface area (Å²) >= 11 is 3.63. The summed E-state index contributed by atoms with van der Waals surface area (Å²) in [4.78, 5) is 5.81. The van der Waals surface area contributed by atoms with Gasteiger partial charge in [0, 0.05) is 23.7 Å². The molecule has 0 bridgehead atoms. The average molecular weight is 226 g/mol. The highest BCUT2D eigenvalue weighted by molar-refractivity contribution is 8.13. The van der Waals surface area contributed by atoms with Gasteiger partial charge >= 0.3 is 0 Å². The van der Waals surface area contributed by atoms with E-state index in [4.69, 9.17) is 0 Å². The number of thioether (sulfide) groups is 1. The minimum absolute atomic E-state index is 0.984. The third-order valence-electron chi connectivity index (χ3n) is 2.03. The van der Waals surface area contributed by atoms with E-state index in [0.29, 0.717) is 0 Å². The van der Waals surface area contributed by atoms with Crippen molar-refractivity contribution in [2.75, 3.05) is 13.1 Å². The van der Waals surface area contributed by atoms with Crippen LogP contribution in [0.5, 0.6) is 0 Å². The van der Waals surface area contributed by atoms with Crippen LogP contribution in [0.25, 0.3) is 0 Å². The molecule has 0 aliphatic carbocycles. The van der Waals surface area contributed by atoms with Gasteiger partial charge in [-0.05, 0) is 30.4 Å². The van der Waals surface area contributed by atoms with Gasteiger partial charge in [-0.15, -0.1) is 11.3 Å². The lowest BCUT2D eigenvalue weighted by atomic mass is 10.3. The first-order chi connectivity index (χ1) is 6.84. The highest BCUT2D eigenvalue weighted by Gasteiger charge is 2.05. The van der Waals surface area contributed by atoms with Crippen LogP contribution in [0.4, 0.5) is 0 Å². The van der Waals surface area contributed by atoms with Crippen molar-refractivity contribution in [3.63, 3.8) is 0 Å². The van der Waals surface area contributed by atoms with Gasteiger partial charge in [-0.1, -0.05) is 11.8 Å². The summed E-state index contributed by atoms with van der Waals surface area (Å²) in [5.41, 5.74) is 1.41. The number of nitrogens with zero attached hydrogens (tertiary/aromatic N) is 1. The summed E-state index contributed by atoms with van der Waals surface area (Å²) in [6, 6.07) is 2.25. The number of rotatable bonds is 2. The molecule has 2 nitrogen and oxygen atoms in total. The van der Waals surface area contributed by atoms with Crippen molar-refractivity contribution >= 4 is 28.3 Å².